The zero-order valence-corrected chi connectivity index (χ0v) is 15.6. The van der Waals surface area contributed by atoms with E-state index in [4.69, 9.17) is 46.4 Å². The van der Waals surface area contributed by atoms with Crippen LogP contribution in [-0.2, 0) is 0 Å². The Labute approximate surface area is 164 Å². The molecule has 0 aliphatic carbocycles. The van der Waals surface area contributed by atoms with Gasteiger partial charge in [0.2, 0.25) is 5.78 Å². The zero-order valence-electron chi connectivity index (χ0n) is 12.6. The van der Waals surface area contributed by atoms with Crippen LogP contribution in [0.2, 0.25) is 20.2 Å². The summed E-state index contributed by atoms with van der Waals surface area (Å²) in [6.07, 6.45) is 4.64. The molecule has 0 spiro atoms. The van der Waals surface area contributed by atoms with Crippen LogP contribution in [0.25, 0.3) is 11.8 Å². The van der Waals surface area contributed by atoms with Crippen LogP contribution >= 0.6 is 46.4 Å². The lowest BCUT2D eigenvalue weighted by atomic mass is 10.1. The van der Waals surface area contributed by atoms with Gasteiger partial charge in [0.1, 0.15) is 11.5 Å². The Morgan fingerprint density at radius 2 is 1.64 bits per heavy atom. The van der Waals surface area contributed by atoms with Gasteiger partial charge < -0.3 is 4.57 Å². The third-order valence-corrected chi connectivity index (χ3v) is 4.45. The number of carbonyl (C=O) groups excluding carboxylic acids is 1. The molecule has 25 heavy (non-hydrogen) atoms. The van der Waals surface area contributed by atoms with Crippen molar-refractivity contribution in [1.29, 1.82) is 0 Å². The molecule has 3 aromatic rings. The van der Waals surface area contributed by atoms with E-state index in [-0.39, 0.29) is 10.9 Å². The van der Waals surface area contributed by atoms with Crippen molar-refractivity contribution in [2.75, 3.05) is 0 Å². The number of carbonyl (C=O) groups is 1. The number of halogens is 4. The van der Waals surface area contributed by atoms with Gasteiger partial charge in [0.05, 0.1) is 5.70 Å². The number of benzene rings is 2. The van der Waals surface area contributed by atoms with Gasteiger partial charge in [0, 0.05) is 26.8 Å². The molecule has 0 unspecified atom stereocenters. The number of imidazole rings is 1. The maximum atomic E-state index is 13.0. The predicted octanol–water partition coefficient (Wildman–Crippen LogP) is 6.38. The Hall–Kier alpha value is -1.78. The van der Waals surface area contributed by atoms with Crippen LogP contribution in [0, 0.1) is 0 Å². The van der Waals surface area contributed by atoms with E-state index < -0.39 is 0 Å². The first kappa shape index (κ1) is 18.0. The third kappa shape index (κ3) is 4.25. The second kappa shape index (κ2) is 7.63. The zero-order chi connectivity index (χ0) is 18.0. The van der Waals surface area contributed by atoms with E-state index in [1.54, 1.807) is 54.7 Å². The quantitative estimate of drug-likeness (QED) is 0.368. The maximum absolute atomic E-state index is 13.0. The van der Waals surface area contributed by atoms with Crippen LogP contribution in [0.1, 0.15) is 15.9 Å². The molecule has 0 aliphatic heterocycles. The van der Waals surface area contributed by atoms with Crippen LogP contribution in [0.3, 0.4) is 0 Å². The highest BCUT2D eigenvalue weighted by Crippen LogP contribution is 2.26. The number of nitrogens with zero attached hydrogens (tertiary/aromatic N) is 2. The summed E-state index contributed by atoms with van der Waals surface area (Å²) in [6.45, 7) is 0. The lowest BCUT2D eigenvalue weighted by Crippen LogP contribution is -2.08. The van der Waals surface area contributed by atoms with Crippen molar-refractivity contribution in [1.82, 2.24) is 9.55 Å². The average Bonchev–Trinajstić information content (AvgIpc) is 3.02. The molecule has 0 bridgehead atoms. The van der Waals surface area contributed by atoms with Gasteiger partial charge in [0.15, 0.2) is 0 Å². The van der Waals surface area contributed by atoms with E-state index in [2.05, 4.69) is 4.98 Å². The van der Waals surface area contributed by atoms with Gasteiger partial charge in [-0.25, -0.2) is 4.98 Å². The van der Waals surface area contributed by atoms with Crippen molar-refractivity contribution >= 4 is 64.0 Å². The first-order valence-electron chi connectivity index (χ1n) is 7.11. The van der Waals surface area contributed by atoms with E-state index in [0.29, 0.717) is 31.9 Å². The van der Waals surface area contributed by atoms with Crippen molar-refractivity contribution < 1.29 is 4.79 Å². The van der Waals surface area contributed by atoms with E-state index >= 15 is 0 Å². The maximum Gasteiger partial charge on any atom is 0.209 e. The fourth-order valence-corrected chi connectivity index (χ4v) is 2.84. The van der Waals surface area contributed by atoms with Gasteiger partial charge in [-0.05, 0) is 54.1 Å². The largest absolute Gasteiger partial charge is 0.301 e. The molecule has 0 amide bonds. The molecular weight excluding hydrogens is 402 g/mol. The van der Waals surface area contributed by atoms with Crippen molar-refractivity contribution in [3.05, 3.63) is 86.3 Å². The highest BCUT2D eigenvalue weighted by Gasteiger charge is 2.16. The number of rotatable bonds is 4. The van der Waals surface area contributed by atoms with E-state index in [1.807, 2.05) is 0 Å². The normalized spacial score (nSPS) is 11.6. The fraction of sp³-hybridized carbons (Fsp3) is 0. The summed E-state index contributed by atoms with van der Waals surface area (Å²) in [4.78, 5) is 17.0. The van der Waals surface area contributed by atoms with Gasteiger partial charge >= 0.3 is 0 Å². The molecule has 1 aromatic heterocycles. The molecule has 0 N–H and O–H groups in total. The number of hydrogen-bond acceptors (Lipinski definition) is 2. The standard InChI is InChI=1S/C18H10Cl4N2O/c19-13-3-1-11(2-4-13)18(25)16(24-9-17(22)23-10-24)8-12-7-14(20)5-6-15(12)21/h1-10H/b16-8+. The highest BCUT2D eigenvalue weighted by molar-refractivity contribution is 6.36. The number of hydrogen-bond donors (Lipinski definition) is 0. The number of ketones is 1. The fourth-order valence-electron chi connectivity index (χ4n) is 2.21. The Morgan fingerprint density at radius 1 is 0.960 bits per heavy atom. The van der Waals surface area contributed by atoms with E-state index in [1.165, 1.54) is 10.9 Å². The summed E-state index contributed by atoms with van der Waals surface area (Å²) in [5.74, 6) is -0.234. The molecule has 0 saturated heterocycles. The molecule has 0 atom stereocenters. The Morgan fingerprint density at radius 3 is 2.28 bits per heavy atom. The van der Waals surface area contributed by atoms with Gasteiger partial charge in [-0.3, -0.25) is 4.79 Å². The Bertz CT molecular complexity index is 961. The van der Waals surface area contributed by atoms with Gasteiger partial charge in [-0.15, -0.1) is 0 Å². The molecular formula is C18H10Cl4N2O. The van der Waals surface area contributed by atoms with Gasteiger partial charge in [-0.1, -0.05) is 46.4 Å². The van der Waals surface area contributed by atoms with E-state index in [0.717, 1.165) is 0 Å². The summed E-state index contributed by atoms with van der Waals surface area (Å²) < 4.78 is 1.54. The molecule has 3 rings (SSSR count). The van der Waals surface area contributed by atoms with Crippen LogP contribution < -0.4 is 0 Å². The summed E-state index contributed by atoms with van der Waals surface area (Å²) in [6, 6.07) is 11.6. The lowest BCUT2D eigenvalue weighted by Gasteiger charge is -2.09. The third-order valence-electron chi connectivity index (χ3n) is 3.42. The molecule has 0 aliphatic rings. The molecule has 0 fully saturated rings. The molecule has 7 heteroatoms. The summed E-state index contributed by atoms with van der Waals surface area (Å²) in [7, 11) is 0. The number of aromatic nitrogens is 2. The van der Waals surface area contributed by atoms with Crippen molar-refractivity contribution in [3.63, 3.8) is 0 Å². The SMILES string of the molecule is O=C(/C(=C\c1cc(Cl)ccc1Cl)n1cnc(Cl)c1)c1ccc(Cl)cc1. The first-order valence-corrected chi connectivity index (χ1v) is 8.62. The molecule has 3 nitrogen and oxygen atoms in total. The molecule has 0 radical (unpaired) electrons. The van der Waals surface area contributed by atoms with Crippen LogP contribution in [0.4, 0.5) is 0 Å². The van der Waals surface area contributed by atoms with Crippen molar-refractivity contribution in [3.8, 4) is 0 Å². The summed E-state index contributed by atoms with van der Waals surface area (Å²) in [5, 5.41) is 1.80. The monoisotopic (exact) mass is 410 g/mol. The first-order chi connectivity index (χ1) is 11.9. The molecule has 1 heterocycles. The predicted molar refractivity (Wildman–Crippen MR) is 104 cm³/mol. The minimum absolute atomic E-state index is 0.234. The summed E-state index contributed by atoms with van der Waals surface area (Å²) in [5.41, 5.74) is 1.40. The van der Waals surface area contributed by atoms with Crippen molar-refractivity contribution in [2.24, 2.45) is 0 Å². The molecule has 126 valence electrons. The average molecular weight is 412 g/mol. The van der Waals surface area contributed by atoms with Crippen molar-refractivity contribution in [2.45, 2.75) is 0 Å². The second-order valence-electron chi connectivity index (χ2n) is 5.14. The lowest BCUT2D eigenvalue weighted by molar-refractivity contribution is 0.105. The van der Waals surface area contributed by atoms with Crippen LogP contribution in [0.15, 0.2) is 55.0 Å². The number of Topliss-reactive ketones (excluding diaryl/α,β-unsaturated/α-hetero) is 1. The highest BCUT2D eigenvalue weighted by atomic mass is 35.5. The number of allylic oxidation sites excluding steroid dienone is 1. The second-order valence-corrected chi connectivity index (χ2v) is 6.80. The summed E-state index contributed by atoms with van der Waals surface area (Å²) >= 11 is 24.1. The van der Waals surface area contributed by atoms with Gasteiger partial charge in [0.25, 0.3) is 0 Å². The Kier molecular flexibility index (Phi) is 5.50. The molecule has 0 saturated carbocycles. The minimum Gasteiger partial charge on any atom is -0.301 e. The minimum atomic E-state index is -0.234. The smallest absolute Gasteiger partial charge is 0.209 e. The van der Waals surface area contributed by atoms with Gasteiger partial charge in [-0.2, -0.15) is 0 Å². The topological polar surface area (TPSA) is 34.9 Å². The molecule has 2 aromatic carbocycles. The Balaban J connectivity index is 2.13. The van der Waals surface area contributed by atoms with Crippen LogP contribution in [-0.4, -0.2) is 15.3 Å². The van der Waals surface area contributed by atoms with E-state index in [9.17, 15) is 4.79 Å². The van der Waals surface area contributed by atoms with Crippen LogP contribution in [0.5, 0.6) is 0 Å².